The minimum Gasteiger partial charge on any atom is -0.482 e. The minimum absolute atomic E-state index is 0.0802. The fourth-order valence-corrected chi connectivity index (χ4v) is 1.81. The number of fused-ring (bicyclic) bond motifs is 1. The van der Waals surface area contributed by atoms with E-state index in [1.807, 2.05) is 0 Å². The maximum Gasteiger partial charge on any atom is 0.471 e. The Hall–Kier alpha value is -2.51. The van der Waals surface area contributed by atoms with E-state index in [-0.39, 0.29) is 30.4 Å². The van der Waals surface area contributed by atoms with E-state index in [0.29, 0.717) is 5.75 Å². The molecular formula is C13H11F3N2O3. The molecule has 0 bridgehead atoms. The summed E-state index contributed by atoms with van der Waals surface area (Å²) in [7, 11) is 0. The SMILES string of the molecule is C=CCN1C(=O)COc2ccc(NC(=O)C(F)(F)F)cc21. The highest BCUT2D eigenvalue weighted by atomic mass is 19.4. The quantitative estimate of drug-likeness (QED) is 0.870. The van der Waals surface area contributed by atoms with Crippen LogP contribution in [0.3, 0.4) is 0 Å². The van der Waals surface area contributed by atoms with E-state index in [9.17, 15) is 22.8 Å². The number of rotatable bonds is 3. The van der Waals surface area contributed by atoms with Crippen molar-refractivity contribution in [1.29, 1.82) is 0 Å². The molecule has 0 saturated carbocycles. The van der Waals surface area contributed by atoms with Gasteiger partial charge in [-0.2, -0.15) is 13.2 Å². The predicted molar refractivity (Wildman–Crippen MR) is 69.2 cm³/mol. The molecule has 1 aliphatic rings. The largest absolute Gasteiger partial charge is 0.482 e. The van der Waals surface area contributed by atoms with Crippen LogP contribution in [-0.2, 0) is 9.59 Å². The number of hydrogen-bond acceptors (Lipinski definition) is 3. The Balaban J connectivity index is 2.30. The summed E-state index contributed by atoms with van der Waals surface area (Å²) in [6.45, 7) is 3.54. The summed E-state index contributed by atoms with van der Waals surface area (Å²) in [5.74, 6) is -2.08. The van der Waals surface area contributed by atoms with Crippen molar-refractivity contribution >= 4 is 23.2 Å². The second kappa shape index (κ2) is 5.47. The Bertz CT molecular complexity index is 599. The van der Waals surface area contributed by atoms with Crippen molar-refractivity contribution in [3.63, 3.8) is 0 Å². The average molecular weight is 300 g/mol. The topological polar surface area (TPSA) is 58.6 Å². The van der Waals surface area contributed by atoms with Crippen molar-refractivity contribution in [3.8, 4) is 5.75 Å². The highest BCUT2D eigenvalue weighted by molar-refractivity contribution is 6.00. The van der Waals surface area contributed by atoms with Gasteiger partial charge in [0.1, 0.15) is 5.75 Å². The van der Waals surface area contributed by atoms with Crippen LogP contribution >= 0.6 is 0 Å². The molecule has 1 aromatic rings. The molecule has 0 aromatic heterocycles. The lowest BCUT2D eigenvalue weighted by atomic mass is 10.2. The summed E-state index contributed by atoms with van der Waals surface area (Å²) in [5.41, 5.74) is 0.203. The van der Waals surface area contributed by atoms with Crippen LogP contribution in [0.5, 0.6) is 5.75 Å². The van der Waals surface area contributed by atoms with Gasteiger partial charge in [0, 0.05) is 12.2 Å². The molecule has 0 radical (unpaired) electrons. The molecule has 112 valence electrons. The van der Waals surface area contributed by atoms with Crippen molar-refractivity contribution in [1.82, 2.24) is 0 Å². The van der Waals surface area contributed by atoms with E-state index in [2.05, 4.69) is 6.58 Å². The molecule has 21 heavy (non-hydrogen) atoms. The third kappa shape index (κ3) is 3.15. The number of nitrogens with one attached hydrogen (secondary N) is 1. The fraction of sp³-hybridized carbons (Fsp3) is 0.231. The van der Waals surface area contributed by atoms with Crippen LogP contribution in [0.25, 0.3) is 0 Å². The highest BCUT2D eigenvalue weighted by Gasteiger charge is 2.38. The first-order valence-electron chi connectivity index (χ1n) is 5.89. The first-order valence-corrected chi connectivity index (χ1v) is 5.89. The Kier molecular flexibility index (Phi) is 3.88. The van der Waals surface area contributed by atoms with Gasteiger partial charge in [-0.15, -0.1) is 6.58 Å². The molecule has 0 spiro atoms. The maximum atomic E-state index is 12.2. The Morgan fingerprint density at radius 2 is 2.19 bits per heavy atom. The molecule has 2 rings (SSSR count). The summed E-state index contributed by atoms with van der Waals surface area (Å²) in [5, 5.41) is 1.73. The molecule has 0 atom stereocenters. The van der Waals surface area contributed by atoms with Crippen LogP contribution < -0.4 is 15.0 Å². The van der Waals surface area contributed by atoms with Crippen LogP contribution in [0.15, 0.2) is 30.9 Å². The zero-order valence-corrected chi connectivity index (χ0v) is 10.7. The Morgan fingerprint density at radius 1 is 1.48 bits per heavy atom. The molecule has 1 aromatic carbocycles. The van der Waals surface area contributed by atoms with Crippen molar-refractivity contribution in [3.05, 3.63) is 30.9 Å². The highest BCUT2D eigenvalue weighted by Crippen LogP contribution is 2.34. The standard InChI is InChI=1S/C13H11F3N2O3/c1-2-5-18-9-6-8(17-12(20)13(14,15)16)3-4-10(9)21-7-11(18)19/h2-4,6H,1,5,7H2,(H,17,20). The number of halogens is 3. The van der Waals surface area contributed by atoms with Crippen molar-refractivity contribution in [2.24, 2.45) is 0 Å². The lowest BCUT2D eigenvalue weighted by molar-refractivity contribution is -0.167. The van der Waals surface area contributed by atoms with E-state index in [1.165, 1.54) is 29.2 Å². The number of hydrogen-bond donors (Lipinski definition) is 1. The number of carbonyl (C=O) groups excluding carboxylic acids is 2. The van der Waals surface area contributed by atoms with Crippen LogP contribution in [0.4, 0.5) is 24.5 Å². The smallest absolute Gasteiger partial charge is 0.471 e. The Labute approximate surface area is 118 Å². The van der Waals surface area contributed by atoms with E-state index in [1.54, 1.807) is 5.32 Å². The normalized spacial score (nSPS) is 14.2. The number of benzene rings is 1. The third-order valence-corrected chi connectivity index (χ3v) is 2.73. The number of carbonyl (C=O) groups is 2. The van der Waals surface area contributed by atoms with Gasteiger partial charge in [0.2, 0.25) is 0 Å². The van der Waals surface area contributed by atoms with Gasteiger partial charge in [-0.05, 0) is 18.2 Å². The van der Waals surface area contributed by atoms with Gasteiger partial charge in [0.05, 0.1) is 5.69 Å². The molecule has 1 heterocycles. The molecule has 1 aliphatic heterocycles. The molecule has 8 heteroatoms. The molecule has 0 saturated heterocycles. The van der Waals surface area contributed by atoms with Crippen LogP contribution in [0, 0.1) is 0 Å². The lowest BCUT2D eigenvalue weighted by Gasteiger charge is -2.28. The monoisotopic (exact) mass is 300 g/mol. The second-order valence-corrected chi connectivity index (χ2v) is 4.22. The van der Waals surface area contributed by atoms with Crippen molar-refractivity contribution in [2.45, 2.75) is 6.18 Å². The molecule has 2 amide bonds. The van der Waals surface area contributed by atoms with Crippen molar-refractivity contribution in [2.75, 3.05) is 23.4 Å². The first-order chi connectivity index (χ1) is 9.82. The van der Waals surface area contributed by atoms with Gasteiger partial charge in [-0.3, -0.25) is 9.59 Å². The van der Waals surface area contributed by atoms with Crippen LogP contribution in [0.2, 0.25) is 0 Å². The summed E-state index contributed by atoms with van der Waals surface area (Å²) < 4.78 is 41.8. The van der Waals surface area contributed by atoms with Crippen LogP contribution in [-0.4, -0.2) is 31.1 Å². The average Bonchev–Trinajstić information content (AvgIpc) is 2.41. The van der Waals surface area contributed by atoms with Gasteiger partial charge < -0.3 is 15.0 Å². The summed E-state index contributed by atoms with van der Waals surface area (Å²) in [6, 6.07) is 3.91. The van der Waals surface area contributed by atoms with Gasteiger partial charge in [0.15, 0.2) is 6.61 Å². The fourth-order valence-electron chi connectivity index (χ4n) is 1.81. The number of amides is 2. The predicted octanol–water partition coefficient (Wildman–Crippen LogP) is 2.10. The molecular weight excluding hydrogens is 289 g/mol. The van der Waals surface area contributed by atoms with Gasteiger partial charge in [0.25, 0.3) is 5.91 Å². The molecule has 5 nitrogen and oxygen atoms in total. The van der Waals surface area contributed by atoms with Gasteiger partial charge in [-0.25, -0.2) is 0 Å². The van der Waals surface area contributed by atoms with Gasteiger partial charge in [-0.1, -0.05) is 6.08 Å². The molecule has 0 fully saturated rings. The summed E-state index contributed by atoms with van der Waals surface area (Å²) in [6.07, 6.45) is -3.50. The Morgan fingerprint density at radius 3 is 2.81 bits per heavy atom. The molecule has 0 unspecified atom stereocenters. The molecule has 1 N–H and O–H groups in total. The first kappa shape index (κ1) is 14.9. The number of anilines is 2. The van der Waals surface area contributed by atoms with Crippen LogP contribution in [0.1, 0.15) is 0 Å². The summed E-state index contributed by atoms with van der Waals surface area (Å²) in [4.78, 5) is 23.9. The van der Waals surface area contributed by atoms with E-state index in [0.717, 1.165) is 0 Å². The van der Waals surface area contributed by atoms with E-state index >= 15 is 0 Å². The summed E-state index contributed by atoms with van der Waals surface area (Å²) >= 11 is 0. The maximum absolute atomic E-state index is 12.2. The number of alkyl halides is 3. The molecule has 0 aliphatic carbocycles. The zero-order chi connectivity index (χ0) is 15.6. The van der Waals surface area contributed by atoms with E-state index in [4.69, 9.17) is 4.74 Å². The minimum atomic E-state index is -4.98. The van der Waals surface area contributed by atoms with Crippen molar-refractivity contribution < 1.29 is 27.5 Å². The second-order valence-electron chi connectivity index (χ2n) is 4.22. The van der Waals surface area contributed by atoms with Gasteiger partial charge >= 0.3 is 12.1 Å². The zero-order valence-electron chi connectivity index (χ0n) is 10.7. The lowest BCUT2D eigenvalue weighted by Crippen LogP contribution is -2.39. The number of ether oxygens (including phenoxy) is 1. The van der Waals surface area contributed by atoms with E-state index < -0.39 is 12.1 Å². The third-order valence-electron chi connectivity index (χ3n) is 2.73. The number of nitrogens with zero attached hydrogens (tertiary/aromatic N) is 1.